The van der Waals surface area contributed by atoms with Crippen molar-refractivity contribution < 1.29 is 14.3 Å². The summed E-state index contributed by atoms with van der Waals surface area (Å²) in [6, 6.07) is 11.4. The van der Waals surface area contributed by atoms with Crippen molar-refractivity contribution in [1.29, 1.82) is 0 Å². The van der Waals surface area contributed by atoms with Gasteiger partial charge in [-0.2, -0.15) is 9.78 Å². The van der Waals surface area contributed by atoms with E-state index >= 15 is 0 Å². The fraction of sp³-hybridized carbons (Fsp3) is 0.364. The van der Waals surface area contributed by atoms with Crippen LogP contribution in [-0.4, -0.2) is 39.6 Å². The molecule has 4 rings (SSSR count). The van der Waals surface area contributed by atoms with Crippen LogP contribution in [-0.2, 0) is 4.79 Å². The number of fused-ring (bicyclic) bond motifs is 1. The maximum atomic E-state index is 12.6. The first-order chi connectivity index (χ1) is 14.6. The van der Waals surface area contributed by atoms with Gasteiger partial charge in [-0.25, -0.2) is 0 Å². The standard InChI is InChI=1S/C22H25N5O3/c1-4-5-12-30-17-9-7-6-8-15(17)16-13-19(28)23-22-21(16)14(2)26-27(22)18-10-11-20(29-3)25-24-18/h6-11,16H,4-5,12-13H2,1-3H3,(H,23,28)/t16-/m1/s1. The lowest BCUT2D eigenvalue weighted by Gasteiger charge is -2.26. The van der Waals surface area contributed by atoms with E-state index in [0.29, 0.717) is 30.5 Å². The molecule has 1 atom stereocenters. The molecule has 0 saturated carbocycles. The van der Waals surface area contributed by atoms with Gasteiger partial charge in [0, 0.05) is 29.5 Å². The van der Waals surface area contributed by atoms with E-state index in [2.05, 4.69) is 27.5 Å². The number of benzene rings is 1. The number of methoxy groups -OCH3 is 1. The number of nitrogens with one attached hydrogen (secondary N) is 1. The van der Waals surface area contributed by atoms with Gasteiger partial charge in [0.1, 0.15) is 11.6 Å². The van der Waals surface area contributed by atoms with Gasteiger partial charge >= 0.3 is 0 Å². The number of amides is 1. The van der Waals surface area contributed by atoms with Crippen LogP contribution in [0.5, 0.6) is 11.6 Å². The van der Waals surface area contributed by atoms with Crippen LogP contribution in [0, 0.1) is 6.92 Å². The number of para-hydroxylation sites is 1. The summed E-state index contributed by atoms with van der Waals surface area (Å²) in [4.78, 5) is 12.6. The highest BCUT2D eigenvalue weighted by Gasteiger charge is 2.34. The first kappa shape index (κ1) is 19.9. The highest BCUT2D eigenvalue weighted by molar-refractivity contribution is 5.95. The van der Waals surface area contributed by atoms with Gasteiger partial charge < -0.3 is 14.8 Å². The molecule has 1 aromatic carbocycles. The Labute approximate surface area is 175 Å². The van der Waals surface area contributed by atoms with Gasteiger partial charge in [0.2, 0.25) is 11.8 Å². The van der Waals surface area contributed by atoms with E-state index in [0.717, 1.165) is 35.4 Å². The van der Waals surface area contributed by atoms with Gasteiger partial charge in [0.25, 0.3) is 0 Å². The fourth-order valence-electron chi connectivity index (χ4n) is 3.74. The molecule has 8 heteroatoms. The molecule has 1 aliphatic rings. The normalized spacial score (nSPS) is 15.4. The number of nitrogens with zero attached hydrogens (tertiary/aromatic N) is 4. The van der Waals surface area contributed by atoms with Crippen molar-refractivity contribution in [2.45, 2.75) is 39.0 Å². The van der Waals surface area contributed by atoms with Crippen LogP contribution in [0.25, 0.3) is 5.82 Å². The van der Waals surface area contributed by atoms with Crippen LogP contribution in [0.3, 0.4) is 0 Å². The monoisotopic (exact) mass is 407 g/mol. The van der Waals surface area contributed by atoms with Crippen molar-refractivity contribution in [2.75, 3.05) is 19.0 Å². The van der Waals surface area contributed by atoms with Gasteiger partial charge in [0.15, 0.2) is 5.82 Å². The molecular weight excluding hydrogens is 382 g/mol. The molecule has 0 fully saturated rings. The Hall–Kier alpha value is -3.42. The molecule has 0 saturated heterocycles. The quantitative estimate of drug-likeness (QED) is 0.602. The highest BCUT2D eigenvalue weighted by Crippen LogP contribution is 2.43. The molecule has 1 N–H and O–H groups in total. The molecular formula is C22H25N5O3. The number of aromatic nitrogens is 4. The fourth-order valence-corrected chi connectivity index (χ4v) is 3.74. The molecule has 156 valence electrons. The second-order valence-electron chi connectivity index (χ2n) is 7.24. The third-order valence-electron chi connectivity index (χ3n) is 5.20. The van der Waals surface area contributed by atoms with Gasteiger partial charge in [-0.1, -0.05) is 31.5 Å². The number of rotatable bonds is 7. The van der Waals surface area contributed by atoms with Crippen molar-refractivity contribution in [3.63, 3.8) is 0 Å². The van der Waals surface area contributed by atoms with E-state index in [4.69, 9.17) is 9.47 Å². The molecule has 0 aliphatic carbocycles. The van der Waals surface area contributed by atoms with Crippen molar-refractivity contribution in [2.24, 2.45) is 0 Å². The zero-order chi connectivity index (χ0) is 21.1. The lowest BCUT2D eigenvalue weighted by atomic mass is 9.85. The number of hydrogen-bond acceptors (Lipinski definition) is 6. The average Bonchev–Trinajstić information content (AvgIpc) is 3.10. The van der Waals surface area contributed by atoms with Crippen molar-refractivity contribution in [3.8, 4) is 17.4 Å². The van der Waals surface area contributed by atoms with Gasteiger partial charge in [-0.05, 0) is 25.5 Å². The molecule has 1 aliphatic heterocycles. The lowest BCUT2D eigenvalue weighted by molar-refractivity contribution is -0.116. The van der Waals surface area contributed by atoms with E-state index in [9.17, 15) is 4.79 Å². The minimum atomic E-state index is -0.147. The Morgan fingerprint density at radius 3 is 2.77 bits per heavy atom. The van der Waals surface area contributed by atoms with Crippen LogP contribution in [0.15, 0.2) is 36.4 Å². The van der Waals surface area contributed by atoms with Crippen LogP contribution in [0.4, 0.5) is 5.82 Å². The molecule has 1 amide bonds. The second-order valence-corrected chi connectivity index (χ2v) is 7.24. The van der Waals surface area contributed by atoms with Gasteiger partial charge in [0.05, 0.1) is 19.4 Å². The number of carbonyl (C=O) groups is 1. The molecule has 3 heterocycles. The van der Waals surface area contributed by atoms with E-state index < -0.39 is 0 Å². The predicted octanol–water partition coefficient (Wildman–Crippen LogP) is 3.63. The van der Waals surface area contributed by atoms with E-state index in [1.165, 1.54) is 7.11 Å². The number of carbonyl (C=O) groups excluding carboxylic acids is 1. The maximum Gasteiger partial charge on any atom is 0.233 e. The van der Waals surface area contributed by atoms with Crippen molar-refractivity contribution >= 4 is 11.7 Å². The molecule has 2 aromatic heterocycles. The summed E-state index contributed by atoms with van der Waals surface area (Å²) in [5.41, 5.74) is 2.79. The molecule has 3 aromatic rings. The number of aryl methyl sites for hydroxylation is 1. The Morgan fingerprint density at radius 1 is 1.20 bits per heavy atom. The summed E-state index contributed by atoms with van der Waals surface area (Å²) < 4.78 is 12.8. The summed E-state index contributed by atoms with van der Waals surface area (Å²) >= 11 is 0. The zero-order valence-electron chi connectivity index (χ0n) is 17.4. The Bertz CT molecular complexity index is 1050. The summed E-state index contributed by atoms with van der Waals surface area (Å²) in [7, 11) is 1.54. The van der Waals surface area contributed by atoms with Crippen LogP contribution in [0.2, 0.25) is 0 Å². The zero-order valence-corrected chi connectivity index (χ0v) is 17.4. The largest absolute Gasteiger partial charge is 0.493 e. The summed E-state index contributed by atoms with van der Waals surface area (Å²) in [6.07, 6.45) is 2.38. The topological polar surface area (TPSA) is 91.2 Å². The Balaban J connectivity index is 1.76. The van der Waals surface area contributed by atoms with Crippen LogP contribution >= 0.6 is 0 Å². The molecule has 0 unspecified atom stereocenters. The molecule has 8 nitrogen and oxygen atoms in total. The van der Waals surface area contributed by atoms with Crippen LogP contribution in [0.1, 0.15) is 48.9 Å². The van der Waals surface area contributed by atoms with Crippen LogP contribution < -0.4 is 14.8 Å². The van der Waals surface area contributed by atoms with E-state index in [1.54, 1.807) is 16.8 Å². The molecule has 0 spiro atoms. The minimum Gasteiger partial charge on any atom is -0.493 e. The first-order valence-electron chi connectivity index (χ1n) is 10.1. The van der Waals surface area contributed by atoms with E-state index in [-0.39, 0.29) is 11.8 Å². The highest BCUT2D eigenvalue weighted by atomic mass is 16.5. The first-order valence-corrected chi connectivity index (χ1v) is 10.1. The summed E-state index contributed by atoms with van der Waals surface area (Å²) in [6.45, 7) is 4.73. The smallest absolute Gasteiger partial charge is 0.233 e. The number of anilines is 1. The van der Waals surface area contributed by atoms with E-state index in [1.807, 2.05) is 31.2 Å². The third kappa shape index (κ3) is 3.72. The SMILES string of the molecule is CCCCOc1ccccc1[C@H]1CC(=O)Nc2c1c(C)nn2-c1ccc(OC)nn1. The van der Waals surface area contributed by atoms with Gasteiger partial charge in [-0.15, -0.1) is 10.2 Å². The molecule has 30 heavy (non-hydrogen) atoms. The predicted molar refractivity (Wildman–Crippen MR) is 112 cm³/mol. The Kier molecular flexibility index (Phi) is 5.65. The second kappa shape index (κ2) is 8.52. The maximum absolute atomic E-state index is 12.6. The van der Waals surface area contributed by atoms with Crippen molar-refractivity contribution in [1.82, 2.24) is 20.0 Å². The van der Waals surface area contributed by atoms with Gasteiger partial charge in [-0.3, -0.25) is 4.79 Å². The van der Waals surface area contributed by atoms with Crippen molar-refractivity contribution in [3.05, 3.63) is 53.2 Å². The number of hydrogen-bond donors (Lipinski definition) is 1. The number of unbranched alkanes of at least 4 members (excludes halogenated alkanes) is 1. The average molecular weight is 407 g/mol. The lowest BCUT2D eigenvalue weighted by Crippen LogP contribution is -2.25. The number of ether oxygens (including phenoxy) is 2. The minimum absolute atomic E-state index is 0.0708. The molecule has 0 radical (unpaired) electrons. The Morgan fingerprint density at radius 2 is 2.03 bits per heavy atom. The molecule has 0 bridgehead atoms. The third-order valence-corrected chi connectivity index (χ3v) is 5.20. The summed E-state index contributed by atoms with van der Waals surface area (Å²) in [5, 5.41) is 15.8. The summed E-state index contributed by atoms with van der Waals surface area (Å²) in [5.74, 6) is 2.14.